The van der Waals surface area contributed by atoms with E-state index >= 15 is 0 Å². The number of hydrogen-bond donors (Lipinski definition) is 1. The van der Waals surface area contributed by atoms with Crippen LogP contribution in [0.5, 0.6) is 0 Å². The summed E-state index contributed by atoms with van der Waals surface area (Å²) in [6.45, 7) is 7.69. The fourth-order valence-electron chi connectivity index (χ4n) is 2.98. The van der Waals surface area contributed by atoms with Crippen molar-refractivity contribution in [2.45, 2.75) is 31.8 Å². The van der Waals surface area contributed by atoms with Gasteiger partial charge in [-0.2, -0.15) is 0 Å². The van der Waals surface area contributed by atoms with Crippen molar-refractivity contribution < 1.29 is 22.5 Å². The average Bonchev–Trinajstić information content (AvgIpc) is 2.47. The summed E-state index contributed by atoms with van der Waals surface area (Å²) in [4.78, 5) is 0. The summed E-state index contributed by atoms with van der Waals surface area (Å²) in [5.74, 6) is 0. The largest absolute Gasteiger partial charge is 1.00 e. The highest BCUT2D eigenvalue weighted by Gasteiger charge is 2.36. The van der Waals surface area contributed by atoms with Gasteiger partial charge in [0.15, 0.2) is 0 Å². The quantitative estimate of drug-likeness (QED) is 0.578. The zero-order valence-corrected chi connectivity index (χ0v) is 11.3. The van der Waals surface area contributed by atoms with Gasteiger partial charge in [-0.3, -0.25) is 0 Å². The van der Waals surface area contributed by atoms with Gasteiger partial charge in [0.05, 0.1) is 13.2 Å². The van der Waals surface area contributed by atoms with Crippen molar-refractivity contribution in [3.8, 4) is 0 Å². The molecule has 2 N–H and O–H groups in total. The average molecular weight is 254 g/mol. The third kappa shape index (κ3) is 2.10. The molecule has 17 heavy (non-hydrogen) atoms. The van der Waals surface area contributed by atoms with E-state index in [0.29, 0.717) is 6.10 Å². The van der Waals surface area contributed by atoms with Gasteiger partial charge in [0.2, 0.25) is 0 Å². The predicted octanol–water partition coefficient (Wildman–Crippen LogP) is -1.84. The number of quaternary nitrogens is 1. The Kier molecular flexibility index (Phi) is 3.48. The Morgan fingerprint density at radius 2 is 2.18 bits per heavy atom. The lowest BCUT2D eigenvalue weighted by molar-refractivity contribution is -0.660. The Bertz CT molecular complexity index is 417. The molecule has 0 fully saturated rings. The zero-order valence-electron chi connectivity index (χ0n) is 10.5. The molecule has 0 amide bonds. The van der Waals surface area contributed by atoms with E-state index in [4.69, 9.17) is 4.74 Å². The number of nitrogens with two attached hydrogens (primary N) is 1. The van der Waals surface area contributed by atoms with Crippen LogP contribution < -0.4 is 17.7 Å². The maximum Gasteiger partial charge on any atom is 0.132 e. The van der Waals surface area contributed by atoms with E-state index in [9.17, 15) is 0 Å². The van der Waals surface area contributed by atoms with Gasteiger partial charge in [0.1, 0.15) is 12.6 Å². The fraction of sp³-hybridized carbons (Fsp3) is 0.571. The molecule has 2 aliphatic rings. The van der Waals surface area contributed by atoms with Gasteiger partial charge < -0.3 is 22.5 Å². The smallest absolute Gasteiger partial charge is 0.132 e. The maximum absolute atomic E-state index is 6.05. The standard InChI is InChI=1S/C14H19NO.ClH/c1-14(2)9-16-12-8-15-7-6-10-4-3-5-11(14)13(10)12;/h3-5,12,15H,6-9H2,1-2H3;1H. The van der Waals surface area contributed by atoms with Crippen LogP contribution in [0.4, 0.5) is 0 Å². The number of benzene rings is 1. The van der Waals surface area contributed by atoms with E-state index in [1.807, 2.05) is 0 Å². The molecule has 2 nitrogen and oxygen atoms in total. The first-order chi connectivity index (χ1) is 7.68. The molecule has 2 heterocycles. The second-order valence-electron chi connectivity index (χ2n) is 5.62. The van der Waals surface area contributed by atoms with Crippen LogP contribution in [-0.4, -0.2) is 19.7 Å². The lowest BCUT2D eigenvalue weighted by Crippen LogP contribution is -3.00. The van der Waals surface area contributed by atoms with Crippen LogP contribution in [0.25, 0.3) is 0 Å². The predicted molar refractivity (Wildman–Crippen MR) is 63.5 cm³/mol. The Labute approximate surface area is 109 Å². The first-order valence-electron chi connectivity index (χ1n) is 6.24. The molecule has 1 aromatic rings. The van der Waals surface area contributed by atoms with Gasteiger partial charge in [-0.1, -0.05) is 32.0 Å². The number of rotatable bonds is 0. The van der Waals surface area contributed by atoms with Gasteiger partial charge in [-0.25, -0.2) is 0 Å². The molecule has 0 saturated carbocycles. The van der Waals surface area contributed by atoms with Crippen LogP contribution in [0, 0.1) is 0 Å². The van der Waals surface area contributed by atoms with Crippen molar-refractivity contribution in [3.05, 3.63) is 34.9 Å². The normalized spacial score (nSPS) is 25.4. The third-order valence-corrected chi connectivity index (χ3v) is 3.89. The van der Waals surface area contributed by atoms with Crippen LogP contribution in [0.2, 0.25) is 0 Å². The molecule has 0 spiro atoms. The molecular formula is C14H20ClNO. The molecule has 2 aliphatic heterocycles. The van der Waals surface area contributed by atoms with Gasteiger partial charge in [-0.15, -0.1) is 0 Å². The topological polar surface area (TPSA) is 25.8 Å². The third-order valence-electron chi connectivity index (χ3n) is 3.89. The van der Waals surface area contributed by atoms with E-state index in [2.05, 4.69) is 37.4 Å². The molecule has 1 aromatic carbocycles. The number of ether oxygens (including phenoxy) is 1. The van der Waals surface area contributed by atoms with Crippen molar-refractivity contribution >= 4 is 0 Å². The van der Waals surface area contributed by atoms with Gasteiger partial charge in [-0.05, 0) is 16.7 Å². The van der Waals surface area contributed by atoms with Crippen LogP contribution in [0.3, 0.4) is 0 Å². The van der Waals surface area contributed by atoms with E-state index in [0.717, 1.165) is 13.2 Å². The molecular weight excluding hydrogens is 234 g/mol. The summed E-state index contributed by atoms with van der Waals surface area (Å²) in [6.07, 6.45) is 1.50. The molecule has 94 valence electrons. The number of hydrogen-bond acceptors (Lipinski definition) is 1. The minimum atomic E-state index is 0. The lowest BCUT2D eigenvalue weighted by atomic mass is 9.77. The van der Waals surface area contributed by atoms with E-state index in [1.54, 1.807) is 0 Å². The number of halogens is 1. The van der Waals surface area contributed by atoms with Crippen molar-refractivity contribution in [1.29, 1.82) is 0 Å². The monoisotopic (exact) mass is 253 g/mol. The molecule has 3 heteroatoms. The molecule has 0 aromatic heterocycles. The second kappa shape index (κ2) is 4.60. The van der Waals surface area contributed by atoms with Crippen LogP contribution in [0.1, 0.15) is 36.6 Å². The molecule has 1 atom stereocenters. The van der Waals surface area contributed by atoms with Crippen molar-refractivity contribution in [3.63, 3.8) is 0 Å². The minimum absolute atomic E-state index is 0. The maximum atomic E-state index is 6.05. The highest BCUT2D eigenvalue weighted by molar-refractivity contribution is 5.43. The first kappa shape index (κ1) is 12.9. The van der Waals surface area contributed by atoms with Crippen LogP contribution in [0.15, 0.2) is 18.2 Å². The Balaban J connectivity index is 0.00000108. The van der Waals surface area contributed by atoms with Gasteiger partial charge in [0, 0.05) is 11.8 Å². The minimum Gasteiger partial charge on any atom is -1.00 e. The van der Waals surface area contributed by atoms with Crippen molar-refractivity contribution in [2.24, 2.45) is 0 Å². The summed E-state index contributed by atoms with van der Waals surface area (Å²) >= 11 is 0. The van der Waals surface area contributed by atoms with Crippen LogP contribution in [-0.2, 0) is 16.6 Å². The van der Waals surface area contributed by atoms with Gasteiger partial charge in [0.25, 0.3) is 0 Å². The zero-order chi connectivity index (χ0) is 11.2. The molecule has 0 aliphatic carbocycles. The summed E-state index contributed by atoms with van der Waals surface area (Å²) in [6, 6.07) is 6.78. The molecule has 0 radical (unpaired) electrons. The van der Waals surface area contributed by atoms with E-state index < -0.39 is 0 Å². The summed E-state index contributed by atoms with van der Waals surface area (Å²) < 4.78 is 6.05. The molecule has 3 rings (SSSR count). The Morgan fingerprint density at radius 1 is 1.35 bits per heavy atom. The second-order valence-corrected chi connectivity index (χ2v) is 5.62. The van der Waals surface area contributed by atoms with Gasteiger partial charge >= 0.3 is 0 Å². The molecule has 0 bridgehead atoms. The van der Waals surface area contributed by atoms with E-state index in [-0.39, 0.29) is 17.8 Å². The van der Waals surface area contributed by atoms with Crippen LogP contribution >= 0.6 is 0 Å². The highest BCUT2D eigenvalue weighted by atomic mass is 35.5. The summed E-state index contributed by atoms with van der Waals surface area (Å²) in [7, 11) is 0. The SMILES string of the molecule is CC1(C)COC2C[NH2+]CCc3cccc1c32.[Cl-]. The Hall–Kier alpha value is -0.570. The van der Waals surface area contributed by atoms with Crippen molar-refractivity contribution in [2.75, 3.05) is 19.7 Å². The Morgan fingerprint density at radius 3 is 3.00 bits per heavy atom. The molecule has 0 saturated heterocycles. The highest BCUT2D eigenvalue weighted by Crippen LogP contribution is 2.39. The summed E-state index contributed by atoms with van der Waals surface area (Å²) in [5.41, 5.74) is 4.68. The summed E-state index contributed by atoms with van der Waals surface area (Å²) in [5, 5.41) is 2.38. The first-order valence-corrected chi connectivity index (χ1v) is 6.24. The lowest BCUT2D eigenvalue weighted by Gasteiger charge is -2.36. The molecule has 1 unspecified atom stereocenters. The van der Waals surface area contributed by atoms with E-state index in [1.165, 1.54) is 29.7 Å². The fourth-order valence-corrected chi connectivity index (χ4v) is 2.98. The van der Waals surface area contributed by atoms with Crippen molar-refractivity contribution in [1.82, 2.24) is 0 Å².